The minimum Gasteiger partial charge on any atom is -0.358 e. The predicted octanol–water partition coefficient (Wildman–Crippen LogP) is 2.68. The predicted molar refractivity (Wildman–Crippen MR) is 126 cm³/mol. The molecule has 1 saturated heterocycles. The highest BCUT2D eigenvalue weighted by Gasteiger charge is 2.41. The van der Waals surface area contributed by atoms with Crippen molar-refractivity contribution in [3.05, 3.63) is 18.2 Å². The number of hydrogen-bond acceptors (Lipinski definition) is 5. The van der Waals surface area contributed by atoms with Gasteiger partial charge < -0.3 is 9.80 Å². The van der Waals surface area contributed by atoms with E-state index < -0.39 is 10.0 Å². The molecule has 2 heterocycles. The summed E-state index contributed by atoms with van der Waals surface area (Å²) in [5, 5.41) is 0. The molecule has 0 spiro atoms. The molecule has 1 atom stereocenters. The molecule has 3 rings (SSSR count). The lowest BCUT2D eigenvalue weighted by molar-refractivity contribution is -0.130. The molecule has 2 aliphatic rings. The highest BCUT2D eigenvalue weighted by atomic mass is 32.2. The van der Waals surface area contributed by atoms with Gasteiger partial charge in [0.1, 0.15) is 12.6 Å². The summed E-state index contributed by atoms with van der Waals surface area (Å²) < 4.78 is 27.7. The molecule has 0 unspecified atom stereocenters. The topological polar surface area (TPSA) is 81.2 Å². The molecule has 9 heteroatoms. The number of hydrogen-bond donors (Lipinski definition) is 0. The van der Waals surface area contributed by atoms with Gasteiger partial charge in [-0.2, -0.15) is 4.31 Å². The zero-order valence-corrected chi connectivity index (χ0v) is 20.5. The van der Waals surface area contributed by atoms with Crippen LogP contribution in [-0.4, -0.2) is 75.3 Å². The fourth-order valence-corrected chi connectivity index (χ4v) is 6.03. The van der Waals surface area contributed by atoms with Crippen molar-refractivity contribution < 1.29 is 18.0 Å². The van der Waals surface area contributed by atoms with Crippen LogP contribution in [0.5, 0.6) is 0 Å². The quantitative estimate of drug-likeness (QED) is 0.561. The monoisotopic (exact) mass is 464 g/mol. The SMILES string of the molecule is CCCCN(C)C(=O)CN1C(=O)[C@H]2CCCCN2c2ccc(S(=O)(=O)N(CC)CC)cc21. The summed E-state index contributed by atoms with van der Waals surface area (Å²) in [5.74, 6) is -0.258. The first-order valence-corrected chi connectivity index (χ1v) is 13.2. The van der Waals surface area contributed by atoms with E-state index in [1.807, 2.05) is 0 Å². The molecule has 1 aromatic carbocycles. The summed E-state index contributed by atoms with van der Waals surface area (Å²) in [4.78, 5) is 31.8. The van der Waals surface area contributed by atoms with Gasteiger partial charge in [0, 0.05) is 33.2 Å². The second-order valence-corrected chi connectivity index (χ2v) is 10.5. The van der Waals surface area contributed by atoms with Crippen LogP contribution in [0.1, 0.15) is 52.9 Å². The summed E-state index contributed by atoms with van der Waals surface area (Å²) in [6.07, 6.45) is 4.58. The van der Waals surface area contributed by atoms with Crippen molar-refractivity contribution in [3.8, 4) is 0 Å². The molecular weight excluding hydrogens is 428 g/mol. The third kappa shape index (κ3) is 4.64. The Bertz CT molecular complexity index is 945. The van der Waals surface area contributed by atoms with Crippen molar-refractivity contribution in [2.45, 2.75) is 63.8 Å². The summed E-state index contributed by atoms with van der Waals surface area (Å²) in [6, 6.07) is 4.71. The van der Waals surface area contributed by atoms with Crippen molar-refractivity contribution in [1.82, 2.24) is 9.21 Å². The molecule has 0 bridgehead atoms. The number of carbonyl (C=O) groups excluding carboxylic acids is 2. The van der Waals surface area contributed by atoms with Crippen LogP contribution in [-0.2, 0) is 19.6 Å². The zero-order chi connectivity index (χ0) is 23.5. The van der Waals surface area contributed by atoms with Crippen LogP contribution in [0.2, 0.25) is 0 Å². The third-order valence-corrected chi connectivity index (χ3v) is 8.56. The number of anilines is 2. The maximum Gasteiger partial charge on any atom is 0.250 e. The molecule has 1 aromatic rings. The lowest BCUT2D eigenvalue weighted by Crippen LogP contribution is -2.57. The lowest BCUT2D eigenvalue weighted by Gasteiger charge is -2.45. The van der Waals surface area contributed by atoms with Crippen molar-refractivity contribution >= 4 is 33.2 Å². The number of sulfonamides is 1. The van der Waals surface area contributed by atoms with E-state index >= 15 is 0 Å². The number of benzene rings is 1. The average molecular weight is 465 g/mol. The van der Waals surface area contributed by atoms with E-state index in [-0.39, 0.29) is 29.3 Å². The second kappa shape index (κ2) is 10.2. The molecule has 1 fully saturated rings. The van der Waals surface area contributed by atoms with E-state index in [2.05, 4.69) is 11.8 Å². The smallest absolute Gasteiger partial charge is 0.250 e. The van der Waals surface area contributed by atoms with Crippen molar-refractivity contribution in [2.24, 2.45) is 0 Å². The first kappa shape index (κ1) is 24.5. The molecule has 178 valence electrons. The first-order valence-electron chi connectivity index (χ1n) is 11.7. The number of amides is 2. The fourth-order valence-electron chi connectivity index (χ4n) is 4.55. The molecule has 0 saturated carbocycles. The molecule has 8 nitrogen and oxygen atoms in total. The van der Waals surface area contributed by atoms with Gasteiger partial charge in [-0.3, -0.25) is 14.5 Å². The van der Waals surface area contributed by atoms with E-state index in [9.17, 15) is 18.0 Å². The first-order chi connectivity index (χ1) is 15.3. The molecule has 0 aliphatic carbocycles. The average Bonchev–Trinajstić information content (AvgIpc) is 2.80. The molecule has 0 aromatic heterocycles. The Labute approximate surface area is 192 Å². The van der Waals surface area contributed by atoms with E-state index in [1.165, 1.54) is 9.21 Å². The Kier molecular flexibility index (Phi) is 7.82. The van der Waals surface area contributed by atoms with Gasteiger partial charge in [-0.05, 0) is 43.9 Å². The molecule has 2 amide bonds. The molecular formula is C23H36N4O4S. The lowest BCUT2D eigenvalue weighted by atomic mass is 9.96. The Hall–Kier alpha value is -2.13. The van der Waals surface area contributed by atoms with Gasteiger partial charge in [0.05, 0.1) is 16.3 Å². The van der Waals surface area contributed by atoms with Crippen LogP contribution in [0.15, 0.2) is 23.1 Å². The number of carbonyl (C=O) groups is 2. The number of piperidine rings is 1. The van der Waals surface area contributed by atoms with Gasteiger partial charge >= 0.3 is 0 Å². The highest BCUT2D eigenvalue weighted by Crippen LogP contribution is 2.41. The van der Waals surface area contributed by atoms with Gasteiger partial charge in [-0.15, -0.1) is 0 Å². The molecule has 0 radical (unpaired) electrons. The van der Waals surface area contributed by atoms with E-state index in [1.54, 1.807) is 44.0 Å². The fraction of sp³-hybridized carbons (Fsp3) is 0.652. The van der Waals surface area contributed by atoms with Crippen LogP contribution in [0.3, 0.4) is 0 Å². The number of rotatable bonds is 9. The number of nitrogens with zero attached hydrogens (tertiary/aromatic N) is 4. The third-order valence-electron chi connectivity index (χ3n) is 6.51. The molecule has 2 aliphatic heterocycles. The minimum atomic E-state index is -3.68. The zero-order valence-electron chi connectivity index (χ0n) is 19.7. The molecule has 32 heavy (non-hydrogen) atoms. The Morgan fingerprint density at radius 1 is 1.12 bits per heavy atom. The van der Waals surface area contributed by atoms with E-state index in [0.29, 0.717) is 25.3 Å². The number of likely N-dealkylation sites (N-methyl/N-ethyl adjacent to an activating group) is 1. The normalized spacial score (nSPS) is 18.5. The summed E-state index contributed by atoms with van der Waals surface area (Å²) in [5.41, 5.74) is 1.34. The Morgan fingerprint density at radius 2 is 1.84 bits per heavy atom. The van der Waals surface area contributed by atoms with Gasteiger partial charge in [0.25, 0.3) is 0 Å². The van der Waals surface area contributed by atoms with Crippen molar-refractivity contribution in [2.75, 3.05) is 49.6 Å². The maximum atomic E-state index is 13.5. The Morgan fingerprint density at radius 3 is 2.50 bits per heavy atom. The summed E-state index contributed by atoms with van der Waals surface area (Å²) in [6.45, 7) is 7.72. The minimum absolute atomic E-state index is 0.0782. The maximum absolute atomic E-state index is 13.5. The Balaban J connectivity index is 2.02. The number of fused-ring (bicyclic) bond motifs is 3. The second-order valence-electron chi connectivity index (χ2n) is 8.54. The van der Waals surface area contributed by atoms with Crippen LogP contribution in [0.25, 0.3) is 0 Å². The van der Waals surface area contributed by atoms with Crippen LogP contribution >= 0.6 is 0 Å². The van der Waals surface area contributed by atoms with Crippen LogP contribution in [0.4, 0.5) is 11.4 Å². The van der Waals surface area contributed by atoms with Crippen LogP contribution < -0.4 is 9.80 Å². The van der Waals surface area contributed by atoms with E-state index in [0.717, 1.165) is 44.3 Å². The summed E-state index contributed by atoms with van der Waals surface area (Å²) in [7, 11) is -1.93. The van der Waals surface area contributed by atoms with Gasteiger partial charge in [0.2, 0.25) is 21.8 Å². The van der Waals surface area contributed by atoms with Crippen LogP contribution in [0, 0.1) is 0 Å². The van der Waals surface area contributed by atoms with E-state index in [4.69, 9.17) is 0 Å². The number of unbranched alkanes of at least 4 members (excludes halogenated alkanes) is 1. The highest BCUT2D eigenvalue weighted by molar-refractivity contribution is 7.89. The van der Waals surface area contributed by atoms with Crippen molar-refractivity contribution in [3.63, 3.8) is 0 Å². The van der Waals surface area contributed by atoms with Gasteiger partial charge in [-0.1, -0.05) is 27.2 Å². The van der Waals surface area contributed by atoms with Gasteiger partial charge in [0.15, 0.2) is 0 Å². The molecule has 0 N–H and O–H groups in total. The van der Waals surface area contributed by atoms with Crippen molar-refractivity contribution in [1.29, 1.82) is 0 Å². The largest absolute Gasteiger partial charge is 0.358 e. The summed E-state index contributed by atoms with van der Waals surface area (Å²) >= 11 is 0. The standard InChI is InChI=1S/C23H36N4O4S/c1-5-8-14-24(4)22(28)17-27-21-16-18(32(30,31)25(6-2)7-3)12-13-19(21)26-15-10-9-11-20(26)23(27)29/h12-13,16,20H,5-11,14-15,17H2,1-4H3/t20-/m1/s1. The van der Waals surface area contributed by atoms with Gasteiger partial charge in [-0.25, -0.2) is 8.42 Å².